The van der Waals surface area contributed by atoms with Crippen molar-refractivity contribution in [3.8, 4) is 0 Å². The summed E-state index contributed by atoms with van der Waals surface area (Å²) < 4.78 is 1.36. The zero-order chi connectivity index (χ0) is 11.0. The van der Waals surface area contributed by atoms with Gasteiger partial charge in [0.2, 0.25) is 0 Å². The number of halogens is 1. The van der Waals surface area contributed by atoms with Gasteiger partial charge in [-0.15, -0.1) is 0 Å². The lowest BCUT2D eigenvalue weighted by Gasteiger charge is -2.30. The summed E-state index contributed by atoms with van der Waals surface area (Å²) in [6.07, 6.45) is 4.72. The molecule has 1 aliphatic rings. The van der Waals surface area contributed by atoms with Crippen molar-refractivity contribution in [2.24, 2.45) is 0 Å². The third-order valence-corrected chi connectivity index (χ3v) is 4.28. The second-order valence-corrected chi connectivity index (χ2v) is 5.58. The Morgan fingerprint density at radius 1 is 1.31 bits per heavy atom. The minimum Gasteiger partial charge on any atom is -0.361 e. The van der Waals surface area contributed by atoms with Gasteiger partial charge >= 0.3 is 0 Å². The quantitative estimate of drug-likeness (QED) is 0.859. The first-order chi connectivity index (χ1) is 7.84. The van der Waals surface area contributed by atoms with Gasteiger partial charge in [-0.25, -0.2) is 0 Å². The summed E-state index contributed by atoms with van der Waals surface area (Å²) in [5, 5.41) is 1.42. The molecule has 0 unspecified atom stereocenters. The first-order valence-corrected chi connectivity index (χ1v) is 6.89. The van der Waals surface area contributed by atoms with Crippen LogP contribution >= 0.6 is 22.6 Å². The van der Waals surface area contributed by atoms with E-state index in [-0.39, 0.29) is 0 Å². The summed E-state index contributed by atoms with van der Waals surface area (Å²) in [6.45, 7) is 3.79. The molecule has 1 aromatic carbocycles. The molecule has 2 heterocycles. The Morgan fingerprint density at radius 3 is 2.94 bits per heavy atom. The Balaban J connectivity index is 1.85. The molecule has 0 atom stereocenters. The van der Waals surface area contributed by atoms with E-state index in [9.17, 15) is 0 Å². The Kier molecular flexibility index (Phi) is 2.90. The van der Waals surface area contributed by atoms with E-state index in [0.717, 1.165) is 0 Å². The van der Waals surface area contributed by atoms with Crippen LogP contribution in [0.15, 0.2) is 24.4 Å². The standard InChI is InChI=1S/C13H15IN2/c14-11-3-1-4-12-13(11)10(9-15-12)5-8-16-6-2-7-16/h1,3-4,9,15H,2,5-8H2. The van der Waals surface area contributed by atoms with E-state index in [1.54, 1.807) is 0 Å². The van der Waals surface area contributed by atoms with Crippen molar-refractivity contribution in [3.05, 3.63) is 33.5 Å². The fourth-order valence-corrected chi connectivity index (χ4v) is 3.13. The molecule has 1 fully saturated rings. The summed E-state index contributed by atoms with van der Waals surface area (Å²) in [7, 11) is 0. The lowest BCUT2D eigenvalue weighted by atomic mass is 10.1. The van der Waals surface area contributed by atoms with Crippen molar-refractivity contribution in [2.45, 2.75) is 12.8 Å². The highest BCUT2D eigenvalue weighted by Gasteiger charge is 2.14. The Hall–Kier alpha value is -0.550. The third-order valence-electron chi connectivity index (χ3n) is 3.38. The van der Waals surface area contributed by atoms with E-state index in [1.807, 2.05) is 0 Å². The van der Waals surface area contributed by atoms with E-state index < -0.39 is 0 Å². The predicted molar refractivity (Wildman–Crippen MR) is 75.8 cm³/mol. The van der Waals surface area contributed by atoms with Crippen LogP contribution in [0.5, 0.6) is 0 Å². The zero-order valence-corrected chi connectivity index (χ0v) is 11.3. The fourth-order valence-electron chi connectivity index (χ4n) is 2.29. The minimum absolute atomic E-state index is 1.17. The molecule has 1 aliphatic heterocycles. The number of H-pyrrole nitrogens is 1. The number of likely N-dealkylation sites (tertiary alicyclic amines) is 1. The molecule has 3 rings (SSSR count). The van der Waals surface area contributed by atoms with Crippen LogP contribution in [0.25, 0.3) is 10.9 Å². The van der Waals surface area contributed by atoms with E-state index in [2.05, 4.69) is 56.9 Å². The summed E-state index contributed by atoms with van der Waals surface area (Å²) in [5.74, 6) is 0. The van der Waals surface area contributed by atoms with Crippen LogP contribution in [0.2, 0.25) is 0 Å². The van der Waals surface area contributed by atoms with Crippen LogP contribution in [0.1, 0.15) is 12.0 Å². The SMILES string of the molecule is Ic1cccc2[nH]cc(CCN3CCC3)c12. The van der Waals surface area contributed by atoms with Crippen molar-refractivity contribution in [1.29, 1.82) is 0 Å². The van der Waals surface area contributed by atoms with E-state index in [4.69, 9.17) is 0 Å². The number of fused-ring (bicyclic) bond motifs is 1. The summed E-state index contributed by atoms with van der Waals surface area (Å²) in [4.78, 5) is 5.89. The van der Waals surface area contributed by atoms with Crippen LogP contribution in [0, 0.1) is 3.57 Å². The normalized spacial score (nSPS) is 16.6. The van der Waals surface area contributed by atoms with Crippen molar-refractivity contribution in [1.82, 2.24) is 9.88 Å². The van der Waals surface area contributed by atoms with Gasteiger partial charge < -0.3 is 9.88 Å². The number of nitrogens with one attached hydrogen (secondary N) is 1. The Morgan fingerprint density at radius 2 is 2.19 bits per heavy atom. The first-order valence-electron chi connectivity index (χ1n) is 5.81. The molecule has 0 aliphatic carbocycles. The molecule has 0 spiro atoms. The number of nitrogens with zero attached hydrogens (tertiary/aromatic N) is 1. The second-order valence-electron chi connectivity index (χ2n) is 4.42. The Labute approximate surface area is 109 Å². The molecule has 2 aromatic rings. The van der Waals surface area contributed by atoms with Crippen LogP contribution < -0.4 is 0 Å². The van der Waals surface area contributed by atoms with Gasteiger partial charge in [-0.2, -0.15) is 0 Å². The molecule has 0 radical (unpaired) electrons. The number of hydrogen-bond acceptors (Lipinski definition) is 1. The third kappa shape index (κ3) is 1.86. The number of hydrogen-bond donors (Lipinski definition) is 1. The molecule has 84 valence electrons. The molecule has 16 heavy (non-hydrogen) atoms. The van der Waals surface area contributed by atoms with Gasteiger partial charge in [-0.3, -0.25) is 0 Å². The molecule has 1 aromatic heterocycles. The minimum atomic E-state index is 1.17. The van der Waals surface area contributed by atoms with E-state index >= 15 is 0 Å². The fraction of sp³-hybridized carbons (Fsp3) is 0.385. The van der Waals surface area contributed by atoms with Crippen molar-refractivity contribution in [2.75, 3.05) is 19.6 Å². The van der Waals surface area contributed by atoms with Crippen LogP contribution in [-0.4, -0.2) is 29.5 Å². The number of aromatic nitrogens is 1. The summed E-state index contributed by atoms with van der Waals surface area (Å²) in [5.41, 5.74) is 2.73. The molecule has 0 saturated carbocycles. The maximum Gasteiger partial charge on any atom is 0.0467 e. The topological polar surface area (TPSA) is 19.0 Å². The summed E-state index contributed by atoms with van der Waals surface area (Å²) in [6, 6.07) is 6.45. The van der Waals surface area contributed by atoms with Crippen LogP contribution in [-0.2, 0) is 6.42 Å². The monoisotopic (exact) mass is 326 g/mol. The van der Waals surface area contributed by atoms with Gasteiger partial charge in [0.15, 0.2) is 0 Å². The van der Waals surface area contributed by atoms with Crippen molar-refractivity contribution in [3.63, 3.8) is 0 Å². The highest BCUT2D eigenvalue weighted by molar-refractivity contribution is 14.1. The van der Waals surface area contributed by atoms with Crippen molar-refractivity contribution >= 4 is 33.5 Å². The molecule has 0 amide bonds. The molecule has 2 nitrogen and oxygen atoms in total. The maximum atomic E-state index is 3.37. The van der Waals surface area contributed by atoms with E-state index in [1.165, 1.54) is 52.5 Å². The lowest BCUT2D eigenvalue weighted by Crippen LogP contribution is -2.38. The van der Waals surface area contributed by atoms with Gasteiger partial charge in [-0.05, 0) is 66.2 Å². The van der Waals surface area contributed by atoms with Crippen LogP contribution in [0.4, 0.5) is 0 Å². The molecule has 3 heteroatoms. The van der Waals surface area contributed by atoms with Gasteiger partial charge in [0.1, 0.15) is 0 Å². The molecular formula is C13H15IN2. The van der Waals surface area contributed by atoms with Gasteiger partial charge in [-0.1, -0.05) is 6.07 Å². The van der Waals surface area contributed by atoms with Gasteiger partial charge in [0.25, 0.3) is 0 Å². The molecular weight excluding hydrogens is 311 g/mol. The highest BCUT2D eigenvalue weighted by Crippen LogP contribution is 2.24. The number of rotatable bonds is 3. The highest BCUT2D eigenvalue weighted by atomic mass is 127. The average molecular weight is 326 g/mol. The van der Waals surface area contributed by atoms with E-state index in [0.29, 0.717) is 0 Å². The van der Waals surface area contributed by atoms with Crippen molar-refractivity contribution < 1.29 is 0 Å². The largest absolute Gasteiger partial charge is 0.361 e. The lowest BCUT2D eigenvalue weighted by molar-refractivity contribution is 0.184. The molecule has 0 bridgehead atoms. The number of aromatic amines is 1. The molecule has 1 saturated heterocycles. The first kappa shape index (κ1) is 10.6. The Bertz CT molecular complexity index is 500. The smallest absolute Gasteiger partial charge is 0.0467 e. The predicted octanol–water partition coefficient (Wildman–Crippen LogP) is 3.02. The molecule has 1 N–H and O–H groups in total. The zero-order valence-electron chi connectivity index (χ0n) is 9.17. The van der Waals surface area contributed by atoms with Crippen LogP contribution in [0.3, 0.4) is 0 Å². The second kappa shape index (κ2) is 4.37. The number of benzene rings is 1. The van der Waals surface area contributed by atoms with Gasteiger partial charge in [0.05, 0.1) is 0 Å². The summed E-state index contributed by atoms with van der Waals surface area (Å²) >= 11 is 2.43. The maximum absolute atomic E-state index is 3.37. The average Bonchev–Trinajstić information content (AvgIpc) is 2.61. The van der Waals surface area contributed by atoms with Gasteiger partial charge in [0, 0.05) is 27.2 Å².